The Kier molecular flexibility index (Phi) is 35.5. The number of aromatic nitrogens is 2. The number of ether oxygens (including phenoxy) is 4. The van der Waals surface area contributed by atoms with E-state index in [1.807, 2.05) is 0 Å². The highest BCUT2D eigenvalue weighted by Gasteiger charge is 2.23. The smallest absolute Gasteiger partial charge is 0.246 e. The number of primary amides is 1. The molecule has 3 amide bonds. The lowest BCUT2D eigenvalue weighted by Gasteiger charge is -2.15. The standard InChI is InChI=1S/C44H80N6O9/c1-2-3-4-5-6-7-8-9-10-11-12-13-14-15-16-17-18-22-39(51)33-57-28-29-59-35-43(54)49-24-25-56-26-27-58-34-42(53)48-23-20-19-21-37(44(46)55)30-41(52)40(45)31-38-32-47-36-50-38/h32,36-37,40H,2-31,33-35,45H2,1H3,(H2,46,55)(H,47,50)(H,48,53)(H,49,54)/t37-,40+/m1/s1. The van der Waals surface area contributed by atoms with Crippen molar-refractivity contribution in [3.8, 4) is 0 Å². The quantitative estimate of drug-likeness (QED) is 0.0522. The number of ketones is 2. The van der Waals surface area contributed by atoms with Gasteiger partial charge in [-0.3, -0.25) is 24.0 Å². The monoisotopic (exact) mass is 837 g/mol. The van der Waals surface area contributed by atoms with Gasteiger partial charge in [0.1, 0.15) is 19.8 Å². The fraction of sp³-hybridized carbons (Fsp3) is 0.818. The number of Topliss-reactive ketones (excluding diaryl/α,β-unsaturated/α-hetero) is 2. The van der Waals surface area contributed by atoms with Crippen LogP contribution in [0.4, 0.5) is 0 Å². The molecular weight excluding hydrogens is 757 g/mol. The van der Waals surface area contributed by atoms with Gasteiger partial charge in [-0.25, -0.2) is 4.98 Å². The van der Waals surface area contributed by atoms with E-state index in [2.05, 4.69) is 27.5 Å². The van der Waals surface area contributed by atoms with Gasteiger partial charge in [0.2, 0.25) is 17.7 Å². The molecule has 2 atom stereocenters. The molecule has 7 N–H and O–H groups in total. The normalized spacial score (nSPS) is 12.3. The topological polar surface area (TPSA) is 227 Å². The second-order valence-corrected chi connectivity index (χ2v) is 15.6. The average Bonchev–Trinajstić information content (AvgIpc) is 3.73. The van der Waals surface area contributed by atoms with E-state index in [4.69, 9.17) is 30.4 Å². The summed E-state index contributed by atoms with van der Waals surface area (Å²) in [6.07, 6.45) is 27.9. The van der Waals surface area contributed by atoms with Crippen LogP contribution in [0.1, 0.15) is 154 Å². The second-order valence-electron chi connectivity index (χ2n) is 15.6. The van der Waals surface area contributed by atoms with Gasteiger partial charge in [-0.1, -0.05) is 116 Å². The number of hydrogen-bond donors (Lipinski definition) is 5. The molecule has 0 spiro atoms. The fourth-order valence-corrected chi connectivity index (χ4v) is 6.57. The van der Waals surface area contributed by atoms with E-state index >= 15 is 0 Å². The minimum Gasteiger partial charge on any atom is -0.377 e. The van der Waals surface area contributed by atoms with Gasteiger partial charge < -0.3 is 46.0 Å². The van der Waals surface area contributed by atoms with Crippen molar-refractivity contribution in [2.75, 3.05) is 65.9 Å². The predicted octanol–water partition coefficient (Wildman–Crippen LogP) is 5.42. The molecule has 1 aromatic heterocycles. The zero-order chi connectivity index (χ0) is 43.0. The molecule has 0 unspecified atom stereocenters. The molecule has 0 aliphatic heterocycles. The molecule has 15 heteroatoms. The van der Waals surface area contributed by atoms with E-state index < -0.39 is 17.9 Å². The van der Waals surface area contributed by atoms with Gasteiger partial charge in [0.15, 0.2) is 11.6 Å². The first-order chi connectivity index (χ1) is 28.7. The van der Waals surface area contributed by atoms with Crippen LogP contribution in [-0.2, 0) is 49.3 Å². The third kappa shape index (κ3) is 34.2. The SMILES string of the molecule is CCCCCCCCCCCCCCCCCCCC(=O)COCCOCC(=O)NCCOCCOCC(=O)NCCCC[C@H](CC(=O)[C@@H](N)Cc1cnc[nH]1)C(N)=O. The van der Waals surface area contributed by atoms with Gasteiger partial charge in [-0.15, -0.1) is 0 Å². The van der Waals surface area contributed by atoms with Crippen molar-refractivity contribution in [1.82, 2.24) is 20.6 Å². The van der Waals surface area contributed by atoms with E-state index in [1.54, 1.807) is 6.20 Å². The van der Waals surface area contributed by atoms with Crippen molar-refractivity contribution < 1.29 is 42.9 Å². The molecular formula is C44H80N6O9. The summed E-state index contributed by atoms with van der Waals surface area (Å²) in [5.41, 5.74) is 12.2. The van der Waals surface area contributed by atoms with Crippen molar-refractivity contribution in [3.05, 3.63) is 18.2 Å². The van der Waals surface area contributed by atoms with Crippen molar-refractivity contribution >= 4 is 29.3 Å². The second kappa shape index (κ2) is 38.9. The molecule has 0 radical (unpaired) electrons. The lowest BCUT2D eigenvalue weighted by atomic mass is 9.92. The number of carbonyl (C=O) groups excluding carboxylic acids is 5. The summed E-state index contributed by atoms with van der Waals surface area (Å²) in [4.78, 5) is 67.2. The summed E-state index contributed by atoms with van der Waals surface area (Å²) in [6.45, 7) is 4.04. The number of aromatic amines is 1. The number of nitrogens with zero attached hydrogens (tertiary/aromatic N) is 1. The maximum Gasteiger partial charge on any atom is 0.246 e. The van der Waals surface area contributed by atoms with Gasteiger partial charge in [-0.2, -0.15) is 0 Å². The molecule has 0 saturated carbocycles. The van der Waals surface area contributed by atoms with Crippen molar-refractivity contribution in [2.45, 2.75) is 161 Å². The van der Waals surface area contributed by atoms with Crippen LogP contribution in [0.25, 0.3) is 0 Å². The molecule has 0 bridgehead atoms. The Hall–Kier alpha value is -3.24. The number of nitrogens with two attached hydrogens (primary N) is 2. The highest BCUT2D eigenvalue weighted by Crippen LogP contribution is 2.16. The Morgan fingerprint density at radius 3 is 1.68 bits per heavy atom. The third-order valence-corrected chi connectivity index (χ3v) is 10.2. The van der Waals surface area contributed by atoms with Crippen LogP contribution in [0, 0.1) is 5.92 Å². The number of carbonyl (C=O) groups is 5. The number of imidazole rings is 1. The Morgan fingerprint density at radius 2 is 1.15 bits per heavy atom. The Bertz CT molecular complexity index is 1200. The van der Waals surface area contributed by atoms with Gasteiger partial charge in [0.25, 0.3) is 0 Å². The van der Waals surface area contributed by atoms with Crippen LogP contribution in [-0.4, -0.2) is 111 Å². The number of rotatable bonds is 44. The lowest BCUT2D eigenvalue weighted by Crippen LogP contribution is -2.36. The van der Waals surface area contributed by atoms with Gasteiger partial charge in [0.05, 0.1) is 45.4 Å². The summed E-state index contributed by atoms with van der Waals surface area (Å²) in [7, 11) is 0. The molecule has 1 aromatic rings. The summed E-state index contributed by atoms with van der Waals surface area (Å²) in [6, 6.07) is -0.747. The van der Waals surface area contributed by atoms with Crippen molar-refractivity contribution in [1.29, 1.82) is 0 Å². The van der Waals surface area contributed by atoms with E-state index in [9.17, 15) is 24.0 Å². The van der Waals surface area contributed by atoms with Crippen LogP contribution in [0.2, 0.25) is 0 Å². The highest BCUT2D eigenvalue weighted by molar-refractivity contribution is 5.89. The van der Waals surface area contributed by atoms with Gasteiger partial charge >= 0.3 is 0 Å². The van der Waals surface area contributed by atoms with Crippen molar-refractivity contribution in [3.63, 3.8) is 0 Å². The molecule has 0 aliphatic carbocycles. The first-order valence-corrected chi connectivity index (χ1v) is 22.6. The lowest BCUT2D eigenvalue weighted by molar-refractivity contribution is -0.128. The third-order valence-electron chi connectivity index (χ3n) is 10.2. The summed E-state index contributed by atoms with van der Waals surface area (Å²) >= 11 is 0. The maximum absolute atomic E-state index is 12.5. The van der Waals surface area contributed by atoms with Crippen LogP contribution in [0.3, 0.4) is 0 Å². The predicted molar refractivity (Wildman–Crippen MR) is 230 cm³/mol. The number of nitrogens with one attached hydrogen (secondary N) is 3. The van der Waals surface area contributed by atoms with Crippen molar-refractivity contribution in [2.24, 2.45) is 17.4 Å². The van der Waals surface area contributed by atoms with E-state index in [-0.39, 0.29) is 82.7 Å². The zero-order valence-electron chi connectivity index (χ0n) is 36.4. The van der Waals surface area contributed by atoms with Crippen LogP contribution < -0.4 is 22.1 Å². The molecule has 0 aromatic carbocycles. The first kappa shape index (κ1) is 53.8. The minimum absolute atomic E-state index is 0.0197. The number of amides is 3. The summed E-state index contributed by atoms with van der Waals surface area (Å²) in [5, 5.41) is 5.45. The minimum atomic E-state index is -0.747. The largest absolute Gasteiger partial charge is 0.377 e. The molecule has 0 fully saturated rings. The van der Waals surface area contributed by atoms with Crippen LogP contribution in [0.5, 0.6) is 0 Å². The summed E-state index contributed by atoms with van der Waals surface area (Å²) < 4.78 is 21.5. The zero-order valence-corrected chi connectivity index (χ0v) is 36.4. The highest BCUT2D eigenvalue weighted by atomic mass is 16.5. The van der Waals surface area contributed by atoms with E-state index in [0.717, 1.165) is 18.5 Å². The Labute approximate surface area is 354 Å². The molecule has 1 heterocycles. The molecule has 15 nitrogen and oxygen atoms in total. The molecule has 59 heavy (non-hydrogen) atoms. The molecule has 340 valence electrons. The van der Waals surface area contributed by atoms with Gasteiger partial charge in [0, 0.05) is 50.2 Å². The number of unbranched alkanes of at least 4 members (excludes halogenated alkanes) is 17. The van der Waals surface area contributed by atoms with Gasteiger partial charge in [-0.05, 0) is 19.3 Å². The number of H-pyrrole nitrogens is 1. The molecule has 0 saturated heterocycles. The van der Waals surface area contributed by atoms with Crippen LogP contribution >= 0.6 is 0 Å². The maximum atomic E-state index is 12.5. The molecule has 0 aliphatic rings. The summed E-state index contributed by atoms with van der Waals surface area (Å²) in [5.74, 6) is -1.84. The van der Waals surface area contributed by atoms with E-state index in [1.165, 1.54) is 103 Å². The first-order valence-electron chi connectivity index (χ1n) is 22.6. The Morgan fingerprint density at radius 1 is 0.644 bits per heavy atom. The number of hydrogen-bond acceptors (Lipinski definition) is 11. The Balaban J connectivity index is 1.84. The fourth-order valence-electron chi connectivity index (χ4n) is 6.57. The average molecular weight is 837 g/mol. The van der Waals surface area contributed by atoms with E-state index in [0.29, 0.717) is 45.2 Å². The van der Waals surface area contributed by atoms with Crippen LogP contribution in [0.15, 0.2) is 12.5 Å². The molecule has 1 rings (SSSR count).